The molecule has 2 fully saturated rings. The first-order valence-electron chi connectivity index (χ1n) is 10.8. The summed E-state index contributed by atoms with van der Waals surface area (Å²) in [7, 11) is 0. The topological polar surface area (TPSA) is 57.0 Å². The van der Waals surface area contributed by atoms with Gasteiger partial charge in [0.25, 0.3) is 5.91 Å². The number of carbonyl (C=O) groups is 2. The molecule has 5 rings (SSSR count). The smallest absolute Gasteiger partial charge is 0.289 e. The van der Waals surface area contributed by atoms with Crippen LogP contribution in [-0.2, 0) is 4.79 Å². The lowest BCUT2D eigenvalue weighted by Crippen LogP contribution is -2.51. The number of carbonyl (C=O) groups excluding carboxylic acids is 2. The average Bonchev–Trinajstić information content (AvgIpc) is 3.43. The molecule has 30 heavy (non-hydrogen) atoms. The highest BCUT2D eigenvalue weighted by atomic mass is 16.3. The summed E-state index contributed by atoms with van der Waals surface area (Å²) < 4.78 is 6.12. The molecule has 2 saturated heterocycles. The third-order valence-electron chi connectivity index (χ3n) is 6.50. The fourth-order valence-corrected chi connectivity index (χ4v) is 4.66. The van der Waals surface area contributed by atoms with E-state index in [1.807, 2.05) is 41.0 Å². The van der Waals surface area contributed by atoms with Gasteiger partial charge in [-0.2, -0.15) is 0 Å². The molecule has 0 aliphatic carbocycles. The van der Waals surface area contributed by atoms with E-state index in [4.69, 9.17) is 4.42 Å². The van der Waals surface area contributed by atoms with Gasteiger partial charge in [-0.25, -0.2) is 0 Å². The van der Waals surface area contributed by atoms with E-state index < -0.39 is 0 Å². The maximum Gasteiger partial charge on any atom is 0.289 e. The molecule has 0 bridgehead atoms. The molecule has 0 N–H and O–H groups in total. The van der Waals surface area contributed by atoms with Crippen molar-refractivity contribution >= 4 is 33.6 Å². The lowest BCUT2D eigenvalue weighted by Gasteiger charge is -2.34. The van der Waals surface area contributed by atoms with Gasteiger partial charge in [-0.15, -0.1) is 0 Å². The van der Waals surface area contributed by atoms with Crippen molar-refractivity contribution in [2.24, 2.45) is 0 Å². The Morgan fingerprint density at radius 2 is 1.60 bits per heavy atom. The van der Waals surface area contributed by atoms with E-state index in [1.165, 1.54) is 0 Å². The number of aryl methyl sites for hydroxylation is 1. The summed E-state index contributed by atoms with van der Waals surface area (Å²) in [6, 6.07) is 12.2. The first-order valence-corrected chi connectivity index (χ1v) is 10.8. The number of nitrogens with zero attached hydrogens (tertiary/aromatic N) is 3. The Morgan fingerprint density at radius 1 is 0.867 bits per heavy atom. The van der Waals surface area contributed by atoms with E-state index in [0.717, 1.165) is 53.2 Å². The number of rotatable bonds is 3. The van der Waals surface area contributed by atoms with Crippen molar-refractivity contribution in [3.63, 3.8) is 0 Å². The highest BCUT2D eigenvalue weighted by molar-refractivity contribution is 6.08. The summed E-state index contributed by atoms with van der Waals surface area (Å²) in [4.78, 5) is 31.6. The predicted molar refractivity (Wildman–Crippen MR) is 117 cm³/mol. The van der Waals surface area contributed by atoms with E-state index in [-0.39, 0.29) is 11.8 Å². The summed E-state index contributed by atoms with van der Waals surface area (Å²) in [5.74, 6) is 0.591. The van der Waals surface area contributed by atoms with Gasteiger partial charge in [0.1, 0.15) is 5.58 Å². The SMILES string of the molecule is Cc1c(C(=O)N2CCN(CC(=O)N3CCCC3)CC2)oc2c1ccc1ccccc12. The maximum absolute atomic E-state index is 13.2. The van der Waals surface area contributed by atoms with E-state index in [1.54, 1.807) is 0 Å². The molecular formula is C24H27N3O3. The summed E-state index contributed by atoms with van der Waals surface area (Å²) in [5.41, 5.74) is 1.68. The zero-order chi connectivity index (χ0) is 20.7. The van der Waals surface area contributed by atoms with Crippen LogP contribution >= 0.6 is 0 Å². The molecule has 6 heteroatoms. The third kappa shape index (κ3) is 3.35. The molecule has 0 radical (unpaired) electrons. The van der Waals surface area contributed by atoms with Crippen LogP contribution in [0, 0.1) is 6.92 Å². The van der Waals surface area contributed by atoms with E-state index in [9.17, 15) is 9.59 Å². The minimum Gasteiger partial charge on any atom is -0.450 e. The number of hydrogen-bond donors (Lipinski definition) is 0. The Kier molecular flexibility index (Phi) is 4.95. The Labute approximate surface area is 176 Å². The van der Waals surface area contributed by atoms with Crippen LogP contribution < -0.4 is 0 Å². The summed E-state index contributed by atoms with van der Waals surface area (Å²) in [6.07, 6.45) is 2.22. The monoisotopic (exact) mass is 405 g/mol. The lowest BCUT2D eigenvalue weighted by atomic mass is 10.1. The normalized spacial score (nSPS) is 17.9. The van der Waals surface area contributed by atoms with Gasteiger partial charge in [0.05, 0.1) is 6.54 Å². The standard InChI is InChI=1S/C24H27N3O3/c1-17-19-9-8-18-6-2-3-7-20(18)23(19)30-22(17)24(29)27-14-12-25(13-15-27)16-21(28)26-10-4-5-11-26/h2-3,6-9H,4-5,10-16H2,1H3. The van der Waals surface area contributed by atoms with Crippen molar-refractivity contribution in [1.82, 2.24) is 14.7 Å². The Hall–Kier alpha value is -2.86. The number of hydrogen-bond acceptors (Lipinski definition) is 4. The summed E-state index contributed by atoms with van der Waals surface area (Å²) in [6.45, 7) is 6.85. The van der Waals surface area contributed by atoms with Gasteiger partial charge in [0.2, 0.25) is 5.91 Å². The van der Waals surface area contributed by atoms with Crippen LogP contribution in [0.25, 0.3) is 21.7 Å². The van der Waals surface area contributed by atoms with Crippen molar-refractivity contribution in [3.8, 4) is 0 Å². The largest absolute Gasteiger partial charge is 0.450 e. The fourth-order valence-electron chi connectivity index (χ4n) is 4.66. The zero-order valence-electron chi connectivity index (χ0n) is 17.4. The molecule has 3 heterocycles. The number of piperazine rings is 1. The fraction of sp³-hybridized carbons (Fsp3) is 0.417. The van der Waals surface area contributed by atoms with Gasteiger partial charge in [-0.05, 0) is 25.2 Å². The predicted octanol–water partition coefficient (Wildman–Crippen LogP) is 3.27. The molecule has 6 nitrogen and oxygen atoms in total. The lowest BCUT2D eigenvalue weighted by molar-refractivity contribution is -0.131. The summed E-state index contributed by atoms with van der Waals surface area (Å²) >= 11 is 0. The second kappa shape index (κ2) is 7.76. The maximum atomic E-state index is 13.2. The van der Waals surface area contributed by atoms with E-state index >= 15 is 0 Å². The number of fused-ring (bicyclic) bond motifs is 3. The molecule has 0 unspecified atom stereocenters. The van der Waals surface area contributed by atoms with Crippen LogP contribution in [0.15, 0.2) is 40.8 Å². The molecule has 0 spiro atoms. The van der Waals surface area contributed by atoms with Crippen LogP contribution in [0.1, 0.15) is 29.0 Å². The van der Waals surface area contributed by atoms with Gasteiger partial charge in [-0.3, -0.25) is 14.5 Å². The number of amides is 2. The molecule has 0 saturated carbocycles. The highest BCUT2D eigenvalue weighted by Gasteiger charge is 2.28. The second-order valence-electron chi connectivity index (χ2n) is 8.38. The van der Waals surface area contributed by atoms with Crippen molar-refractivity contribution in [1.29, 1.82) is 0 Å². The van der Waals surface area contributed by atoms with Crippen LogP contribution in [0.2, 0.25) is 0 Å². The van der Waals surface area contributed by atoms with Gasteiger partial charge in [0.15, 0.2) is 5.76 Å². The number of furan rings is 1. The van der Waals surface area contributed by atoms with Crippen LogP contribution in [0.3, 0.4) is 0 Å². The van der Waals surface area contributed by atoms with Crippen LogP contribution in [0.5, 0.6) is 0 Å². The Morgan fingerprint density at radius 3 is 2.37 bits per heavy atom. The molecule has 2 aromatic carbocycles. The van der Waals surface area contributed by atoms with E-state index in [0.29, 0.717) is 38.5 Å². The molecule has 3 aromatic rings. The van der Waals surface area contributed by atoms with Crippen molar-refractivity contribution < 1.29 is 14.0 Å². The van der Waals surface area contributed by atoms with Gasteiger partial charge < -0.3 is 14.2 Å². The van der Waals surface area contributed by atoms with Crippen LogP contribution in [0.4, 0.5) is 0 Å². The Bertz CT molecular complexity index is 1110. The van der Waals surface area contributed by atoms with Crippen LogP contribution in [-0.4, -0.2) is 72.3 Å². The minimum absolute atomic E-state index is 0.0571. The van der Waals surface area contributed by atoms with Gasteiger partial charge in [-0.1, -0.05) is 36.4 Å². The third-order valence-corrected chi connectivity index (χ3v) is 6.50. The zero-order valence-corrected chi connectivity index (χ0v) is 17.4. The summed E-state index contributed by atoms with van der Waals surface area (Å²) in [5, 5.41) is 3.13. The van der Waals surface area contributed by atoms with Crippen molar-refractivity contribution in [2.75, 3.05) is 45.8 Å². The van der Waals surface area contributed by atoms with Crippen molar-refractivity contribution in [3.05, 3.63) is 47.7 Å². The first-order chi connectivity index (χ1) is 14.6. The van der Waals surface area contributed by atoms with E-state index in [2.05, 4.69) is 17.0 Å². The molecule has 2 aliphatic rings. The number of benzene rings is 2. The Balaban J connectivity index is 1.30. The van der Waals surface area contributed by atoms with Gasteiger partial charge in [0, 0.05) is 55.6 Å². The number of likely N-dealkylation sites (tertiary alicyclic amines) is 1. The molecular weight excluding hydrogens is 378 g/mol. The molecule has 2 amide bonds. The highest BCUT2D eigenvalue weighted by Crippen LogP contribution is 2.32. The molecule has 156 valence electrons. The molecule has 0 atom stereocenters. The average molecular weight is 405 g/mol. The minimum atomic E-state index is -0.0571. The quantitative estimate of drug-likeness (QED) is 0.671. The van der Waals surface area contributed by atoms with Gasteiger partial charge >= 0.3 is 0 Å². The molecule has 2 aliphatic heterocycles. The molecule has 1 aromatic heterocycles. The van der Waals surface area contributed by atoms with Crippen molar-refractivity contribution in [2.45, 2.75) is 19.8 Å². The first kappa shape index (κ1) is 19.1. The second-order valence-corrected chi connectivity index (χ2v) is 8.38.